The Labute approximate surface area is 502 Å². The van der Waals surface area contributed by atoms with Crippen LogP contribution in [0, 0.1) is 0 Å². The Morgan fingerprint density at radius 1 is 0.364 bits per heavy atom. The fourth-order valence-corrected chi connectivity index (χ4v) is 9.55. The minimum absolute atomic E-state index is 0. The smallest absolute Gasteiger partial charge is 0.390 e. The van der Waals surface area contributed by atoms with Gasteiger partial charge in [-0.05, 0) is 52.8 Å². The summed E-state index contributed by atoms with van der Waals surface area (Å²) in [5.74, 6) is -12.0. The first-order valence-corrected chi connectivity index (χ1v) is 30.3. The van der Waals surface area contributed by atoms with E-state index in [1.165, 1.54) is 36.4 Å². The lowest BCUT2D eigenvalue weighted by Crippen LogP contribution is -2.36. The number of hydroxylamine groups is 10. The van der Waals surface area contributed by atoms with E-state index in [0.717, 1.165) is 0 Å². The van der Waals surface area contributed by atoms with Crippen molar-refractivity contribution in [3.8, 4) is 0 Å². The van der Waals surface area contributed by atoms with E-state index in [9.17, 15) is 76.7 Å². The van der Waals surface area contributed by atoms with Crippen molar-refractivity contribution in [3.63, 3.8) is 0 Å². The zero-order chi connectivity index (χ0) is 63.6. The molecular weight excluding hydrogens is 1210 g/mol. The van der Waals surface area contributed by atoms with Crippen LogP contribution in [-0.2, 0) is 139 Å². The Balaban J connectivity index is 0.000000401. The third kappa shape index (κ3) is 23.8. The van der Waals surface area contributed by atoms with Crippen molar-refractivity contribution < 1.29 is 130 Å². The van der Waals surface area contributed by atoms with E-state index < -0.39 is 145 Å². The number of nitrogens with zero attached hydrogens (tertiary/aromatic N) is 5. The van der Waals surface area contributed by atoms with Crippen molar-refractivity contribution in [1.29, 1.82) is 0 Å². The second-order valence-corrected chi connectivity index (χ2v) is 23.6. The first-order chi connectivity index (χ1) is 40.4. The van der Waals surface area contributed by atoms with E-state index in [2.05, 4.69) is 5.32 Å². The molecule has 7 rings (SSSR count). The molecule has 5 heterocycles. The van der Waals surface area contributed by atoms with Crippen LogP contribution in [0.1, 0.15) is 125 Å². The van der Waals surface area contributed by atoms with Crippen LogP contribution >= 0.6 is 0 Å². The van der Waals surface area contributed by atoms with Gasteiger partial charge in [0.1, 0.15) is 0 Å². The van der Waals surface area contributed by atoms with Gasteiger partial charge in [0.25, 0.3) is 59.1 Å². The van der Waals surface area contributed by atoms with Gasteiger partial charge in [-0.2, -0.15) is 0 Å². The van der Waals surface area contributed by atoms with E-state index in [-0.39, 0.29) is 138 Å². The topological polar surface area (TPSA) is 495 Å². The summed E-state index contributed by atoms with van der Waals surface area (Å²) >= 11 is 0. The van der Waals surface area contributed by atoms with Crippen LogP contribution in [0.5, 0.6) is 0 Å². The number of benzene rings is 2. The van der Waals surface area contributed by atoms with E-state index in [0.29, 0.717) is 43.8 Å². The van der Waals surface area contributed by atoms with E-state index in [4.69, 9.17) is 58.7 Å². The van der Waals surface area contributed by atoms with Crippen molar-refractivity contribution >= 4 is 112 Å². The Morgan fingerprint density at radius 3 is 0.739 bits per heavy atom. The van der Waals surface area contributed by atoms with Gasteiger partial charge in [-0.3, -0.25) is 52.7 Å². The molecule has 0 aliphatic carbocycles. The molecule has 5 aliphatic rings. The van der Waals surface area contributed by atoms with Crippen LogP contribution in [0.2, 0.25) is 12.1 Å². The van der Waals surface area contributed by atoms with Crippen LogP contribution in [0.3, 0.4) is 0 Å². The number of nitrogens with two attached hydrogens (primary N) is 1. The highest BCUT2D eigenvalue weighted by Gasteiger charge is 2.37. The fraction of sp³-hybridized carbons (Fsp3) is 0.462. The molecule has 480 valence electrons. The minimum atomic E-state index is -4.22. The number of amides is 11. The molecule has 34 nitrogen and oxygen atoms in total. The number of carbonyl (C=O) groups excluding carboxylic acids is 16. The Bertz CT molecular complexity index is 2750. The molecule has 0 bridgehead atoms. The molecule has 11 amide bonds. The predicted octanol–water partition coefficient (Wildman–Crippen LogP) is -3.39. The molecule has 2 aromatic carbocycles. The Hall–Kier alpha value is -8.89. The minimum Gasteiger partial charge on any atom is -0.390 e. The molecule has 5 aliphatic heterocycles. The van der Waals surface area contributed by atoms with Gasteiger partial charge in [-0.1, -0.05) is 51.3 Å². The van der Waals surface area contributed by atoms with Gasteiger partial charge in [0.05, 0.1) is 38.5 Å². The summed E-state index contributed by atoms with van der Waals surface area (Å²) in [7, 11) is -7.98. The van der Waals surface area contributed by atoms with Gasteiger partial charge in [-0.15, -0.1) is 25.3 Å². The largest absolute Gasteiger partial charge is 0.492 e. The van der Waals surface area contributed by atoms with Gasteiger partial charge in [0, 0.05) is 82.8 Å². The van der Waals surface area contributed by atoms with Gasteiger partial charge >= 0.3 is 47.5 Å². The van der Waals surface area contributed by atoms with Crippen LogP contribution in [-0.4, -0.2) is 180 Å². The molecule has 5 fully saturated rings. The molecule has 9 N–H and O–H groups in total. The second-order valence-electron chi connectivity index (χ2n) is 19.5. The van der Waals surface area contributed by atoms with Gasteiger partial charge in [0.2, 0.25) is 5.91 Å². The molecule has 0 unspecified atom stereocenters. The molecule has 0 aromatic heterocycles. The SMILES string of the molecule is C.C.NCCC[Si](O)(O)O.O=C(Cc1cc(CC(=O)ON2C(=O)CCC2=O)cc(CC(=O)ON2C(=O)CCC2=O)c1)NCCC[Si](O)(O)O.O=C(Cc1cc(CC(=O)ON2C(=O)CCC2=O)cc(CC(=O)ON2C(=O)CCC2=O)c1)ON1C(=O)CCC1=O. The fourth-order valence-electron chi connectivity index (χ4n) is 8.22. The van der Waals surface area contributed by atoms with Gasteiger partial charge in [-0.25, -0.2) is 24.0 Å². The summed E-state index contributed by atoms with van der Waals surface area (Å²) in [6.45, 7) is 0.437. The van der Waals surface area contributed by atoms with E-state index >= 15 is 0 Å². The summed E-state index contributed by atoms with van der Waals surface area (Å²) in [4.78, 5) is 268. The molecule has 36 heteroatoms. The molecule has 0 saturated carbocycles. The second kappa shape index (κ2) is 33.3. The molecule has 88 heavy (non-hydrogen) atoms. The van der Waals surface area contributed by atoms with Crippen LogP contribution in [0.4, 0.5) is 0 Å². The lowest BCUT2D eigenvalue weighted by atomic mass is 9.99. The highest BCUT2D eigenvalue weighted by Crippen LogP contribution is 2.22. The van der Waals surface area contributed by atoms with Gasteiger partial charge in [0.15, 0.2) is 0 Å². The van der Waals surface area contributed by atoms with Gasteiger partial charge < -0.3 is 64.0 Å². The predicted molar refractivity (Wildman–Crippen MR) is 290 cm³/mol. The summed E-state index contributed by atoms with van der Waals surface area (Å²) in [6.07, 6.45) is -2.81. The Kier molecular flexibility index (Phi) is 27.8. The first kappa shape index (κ1) is 73.4. The Morgan fingerprint density at radius 2 is 0.557 bits per heavy atom. The maximum Gasteiger partial charge on any atom is 0.492 e. The zero-order valence-electron chi connectivity index (χ0n) is 45.6. The summed E-state index contributed by atoms with van der Waals surface area (Å²) < 4.78 is 0. The standard InChI is InChI=1S/C24H21N3O12.C23H27N3O12Si.C3H11NO3Si.2CH4/c28-16-1-2-17(29)25(16)37-22(34)10-13-7-14(11-23(35)38-26-18(30)3-4-19(26)31)9-15(8-13)12-24(36)39-27-20(32)5-6-21(27)33;27-17(24-6-1-7-39(34,35)36)11-14-8-15(12-22(32)37-25-18(28)2-3-19(25)29)10-16(9-14)13-23(33)38-26-20(30)4-5-21(26)31;4-2-1-3-8(5,6)7;;/h7-9H,1-6,10-12H2;8-10,34-36H,1-7,11-13H2,(H,24,27);5-7H,1-4H2;2*1H4. The number of nitrogens with one attached hydrogen (secondary N) is 1. The van der Waals surface area contributed by atoms with E-state index in [1.54, 1.807) is 0 Å². The third-order valence-electron chi connectivity index (χ3n) is 12.1. The van der Waals surface area contributed by atoms with Crippen LogP contribution < -0.4 is 11.1 Å². The number of hydrogen-bond donors (Lipinski definition) is 8. The van der Waals surface area contributed by atoms with Crippen molar-refractivity contribution in [2.75, 3.05) is 13.1 Å². The van der Waals surface area contributed by atoms with Crippen molar-refractivity contribution in [1.82, 2.24) is 30.6 Å². The molecular formula is C52H67N7O27Si2. The zero-order valence-corrected chi connectivity index (χ0v) is 47.6. The average molecular weight is 1280 g/mol. The van der Waals surface area contributed by atoms with Crippen LogP contribution in [0.15, 0.2) is 36.4 Å². The lowest BCUT2D eigenvalue weighted by Gasteiger charge is -2.15. The normalized spacial score (nSPS) is 15.7. The summed E-state index contributed by atoms with van der Waals surface area (Å²) in [5.41, 5.74) is 6.54. The van der Waals surface area contributed by atoms with Crippen molar-refractivity contribution in [3.05, 3.63) is 69.8 Å². The number of hydrogen-bond acceptors (Lipinski definition) is 28. The molecule has 0 spiro atoms. The maximum absolute atomic E-state index is 12.4. The lowest BCUT2D eigenvalue weighted by molar-refractivity contribution is -0.197. The molecule has 2 aromatic rings. The summed E-state index contributed by atoms with van der Waals surface area (Å²) in [5, 5.41) is 4.44. The highest BCUT2D eigenvalue weighted by molar-refractivity contribution is 6.56. The maximum atomic E-state index is 12.4. The molecule has 0 atom stereocenters. The average Bonchev–Trinajstić information content (AvgIpc) is 1.66. The molecule has 0 radical (unpaired) electrons. The first-order valence-electron chi connectivity index (χ1n) is 26.2. The quantitative estimate of drug-likeness (QED) is 0.0289. The molecule has 5 saturated heterocycles. The number of carbonyl (C=O) groups is 16. The third-order valence-corrected chi connectivity index (χ3v) is 14.1. The monoisotopic (exact) mass is 1280 g/mol. The van der Waals surface area contributed by atoms with E-state index in [1.807, 2.05) is 0 Å². The highest BCUT2D eigenvalue weighted by atomic mass is 28.4. The van der Waals surface area contributed by atoms with Crippen LogP contribution in [0.25, 0.3) is 0 Å². The van der Waals surface area contributed by atoms with Crippen molar-refractivity contribution in [2.45, 2.75) is 143 Å². The summed E-state index contributed by atoms with van der Waals surface area (Å²) in [6, 6.07) is 8.31. The van der Waals surface area contributed by atoms with Crippen molar-refractivity contribution in [2.24, 2.45) is 5.73 Å². The number of imide groups is 5. The number of rotatable bonds is 24.